The smallest absolute Gasteiger partial charge is 0.184 e. The number of nitriles is 1. The summed E-state index contributed by atoms with van der Waals surface area (Å²) in [5, 5.41) is 8.84. The number of nitrogens with zero attached hydrogens (tertiary/aromatic N) is 2. The molecule has 0 saturated heterocycles. The normalized spacial score (nSPS) is 19.2. The zero-order chi connectivity index (χ0) is 12.3. The van der Waals surface area contributed by atoms with Crippen molar-refractivity contribution in [3.8, 4) is 6.07 Å². The molecule has 1 atom stereocenters. The highest BCUT2D eigenvalue weighted by Gasteiger charge is 2.28. The first-order chi connectivity index (χ1) is 8.11. The minimum absolute atomic E-state index is 0.0302. The fourth-order valence-corrected chi connectivity index (χ4v) is 1.88. The van der Waals surface area contributed by atoms with Crippen LogP contribution in [-0.4, -0.2) is 18.0 Å². The molecule has 2 heterocycles. The number of hydrogen-bond donors (Lipinski definition) is 0. The Hall–Kier alpha value is -1.76. The third-order valence-corrected chi connectivity index (χ3v) is 2.72. The second-order valence-electron chi connectivity index (χ2n) is 4.89. The molecule has 0 aliphatic carbocycles. The second kappa shape index (κ2) is 4.62. The molecule has 1 aliphatic heterocycles. The summed E-state index contributed by atoms with van der Waals surface area (Å²) in [5.41, 5.74) is -0.143. The first-order valence-electron chi connectivity index (χ1n) is 5.72. The average Bonchev–Trinajstić information content (AvgIpc) is 2.87. The van der Waals surface area contributed by atoms with Crippen molar-refractivity contribution < 1.29 is 9.15 Å². The molecular formula is C13H16N2O2. The first kappa shape index (κ1) is 11.7. The zero-order valence-electron chi connectivity index (χ0n) is 10.1. The van der Waals surface area contributed by atoms with E-state index in [0.29, 0.717) is 19.4 Å². The molecule has 90 valence electrons. The largest absolute Gasteiger partial charge is 0.478 e. The third kappa shape index (κ3) is 2.88. The molecule has 0 saturated carbocycles. The van der Waals surface area contributed by atoms with Gasteiger partial charge in [-0.05, 0) is 26.0 Å². The maximum Gasteiger partial charge on any atom is 0.184 e. The lowest BCUT2D eigenvalue weighted by molar-refractivity contribution is 0.271. The average molecular weight is 232 g/mol. The van der Waals surface area contributed by atoms with Crippen molar-refractivity contribution in [2.75, 3.05) is 6.61 Å². The fourth-order valence-electron chi connectivity index (χ4n) is 1.88. The summed E-state index contributed by atoms with van der Waals surface area (Å²) in [7, 11) is 0. The van der Waals surface area contributed by atoms with E-state index >= 15 is 0 Å². The molecule has 0 N–H and O–H groups in total. The molecule has 1 aromatic heterocycles. The van der Waals surface area contributed by atoms with Crippen molar-refractivity contribution in [1.29, 1.82) is 5.26 Å². The Bertz CT molecular complexity index is 440. The van der Waals surface area contributed by atoms with Gasteiger partial charge in [0.15, 0.2) is 5.90 Å². The van der Waals surface area contributed by atoms with Gasteiger partial charge in [0.05, 0.1) is 17.9 Å². The van der Waals surface area contributed by atoms with E-state index in [1.807, 2.05) is 26.0 Å². The van der Waals surface area contributed by atoms with Gasteiger partial charge < -0.3 is 9.15 Å². The van der Waals surface area contributed by atoms with Crippen LogP contribution in [0.3, 0.4) is 0 Å². The summed E-state index contributed by atoms with van der Waals surface area (Å²) in [5.74, 6) is 1.58. The van der Waals surface area contributed by atoms with Crippen LogP contribution in [0.2, 0.25) is 0 Å². The minimum atomic E-state index is -0.143. The quantitative estimate of drug-likeness (QED) is 0.802. The summed E-state index contributed by atoms with van der Waals surface area (Å²) in [4.78, 5) is 4.50. The minimum Gasteiger partial charge on any atom is -0.478 e. The van der Waals surface area contributed by atoms with Gasteiger partial charge in [0, 0.05) is 18.8 Å². The summed E-state index contributed by atoms with van der Waals surface area (Å²) in [6, 6.07) is 5.91. The lowest BCUT2D eigenvalue weighted by Crippen LogP contribution is -2.17. The van der Waals surface area contributed by atoms with Crippen molar-refractivity contribution >= 4 is 5.90 Å². The van der Waals surface area contributed by atoms with Crippen LogP contribution in [-0.2, 0) is 4.74 Å². The highest BCUT2D eigenvalue weighted by Crippen LogP contribution is 2.27. The van der Waals surface area contributed by atoms with Gasteiger partial charge in [-0.2, -0.15) is 5.26 Å². The maximum absolute atomic E-state index is 8.84. The fraction of sp³-hybridized carbons (Fsp3) is 0.538. The van der Waals surface area contributed by atoms with E-state index in [2.05, 4.69) is 11.1 Å². The van der Waals surface area contributed by atoms with Crippen LogP contribution in [0.4, 0.5) is 0 Å². The van der Waals surface area contributed by atoms with Crippen LogP contribution in [0.15, 0.2) is 27.8 Å². The van der Waals surface area contributed by atoms with Gasteiger partial charge in [-0.25, -0.2) is 4.99 Å². The Morgan fingerprint density at radius 3 is 2.94 bits per heavy atom. The van der Waals surface area contributed by atoms with Crippen LogP contribution in [0.25, 0.3) is 0 Å². The molecule has 0 amide bonds. The summed E-state index contributed by atoms with van der Waals surface area (Å²) in [6.45, 7) is 4.68. The van der Waals surface area contributed by atoms with Gasteiger partial charge in [-0.1, -0.05) is 0 Å². The van der Waals surface area contributed by atoms with Crippen LogP contribution in [0.1, 0.15) is 38.4 Å². The van der Waals surface area contributed by atoms with E-state index in [0.717, 1.165) is 11.7 Å². The van der Waals surface area contributed by atoms with Gasteiger partial charge in [0.2, 0.25) is 0 Å². The molecule has 1 aromatic rings. The predicted molar refractivity (Wildman–Crippen MR) is 63.8 cm³/mol. The number of aliphatic imine (C=N–C) groups is 1. The number of hydrogen-bond acceptors (Lipinski definition) is 4. The summed E-state index contributed by atoms with van der Waals surface area (Å²) >= 11 is 0. The monoisotopic (exact) mass is 232 g/mol. The molecule has 4 heteroatoms. The molecule has 1 unspecified atom stereocenters. The van der Waals surface area contributed by atoms with E-state index in [1.165, 1.54) is 0 Å². The van der Waals surface area contributed by atoms with Gasteiger partial charge >= 0.3 is 0 Å². The standard InChI is InChI=1S/C13H16N2O2/c1-13(2)9-17-12(15-13)8-10(5-6-14)11-4-3-7-16-11/h3-4,7,10H,5,8-9H2,1-2H3. The van der Waals surface area contributed by atoms with Gasteiger partial charge in [-0.15, -0.1) is 0 Å². The van der Waals surface area contributed by atoms with E-state index in [9.17, 15) is 0 Å². The van der Waals surface area contributed by atoms with Gasteiger partial charge in [0.25, 0.3) is 0 Å². The SMILES string of the molecule is CC1(C)COC(CC(CC#N)c2ccco2)=N1. The maximum atomic E-state index is 8.84. The Morgan fingerprint density at radius 2 is 2.41 bits per heavy atom. The van der Waals surface area contributed by atoms with Gasteiger partial charge in [0.1, 0.15) is 12.4 Å². The summed E-state index contributed by atoms with van der Waals surface area (Å²) in [6.07, 6.45) is 2.67. The molecule has 0 aromatic carbocycles. The Morgan fingerprint density at radius 1 is 1.59 bits per heavy atom. The van der Waals surface area contributed by atoms with Crippen LogP contribution >= 0.6 is 0 Å². The highest BCUT2D eigenvalue weighted by atomic mass is 16.5. The third-order valence-electron chi connectivity index (χ3n) is 2.72. The molecule has 0 radical (unpaired) electrons. The van der Waals surface area contributed by atoms with Crippen molar-refractivity contribution in [1.82, 2.24) is 0 Å². The molecule has 0 fully saturated rings. The predicted octanol–water partition coefficient (Wildman–Crippen LogP) is 2.87. The molecule has 4 nitrogen and oxygen atoms in total. The molecule has 17 heavy (non-hydrogen) atoms. The lowest BCUT2D eigenvalue weighted by Gasteiger charge is -2.10. The van der Waals surface area contributed by atoms with Gasteiger partial charge in [-0.3, -0.25) is 0 Å². The molecule has 1 aliphatic rings. The number of ether oxygens (including phenoxy) is 1. The highest BCUT2D eigenvalue weighted by molar-refractivity contribution is 5.79. The molecule has 0 spiro atoms. The van der Waals surface area contributed by atoms with E-state index in [1.54, 1.807) is 6.26 Å². The first-order valence-corrected chi connectivity index (χ1v) is 5.72. The van der Waals surface area contributed by atoms with E-state index in [-0.39, 0.29) is 11.5 Å². The van der Waals surface area contributed by atoms with E-state index < -0.39 is 0 Å². The Balaban J connectivity index is 2.07. The van der Waals surface area contributed by atoms with Crippen molar-refractivity contribution in [3.05, 3.63) is 24.2 Å². The summed E-state index contributed by atoms with van der Waals surface area (Å²) < 4.78 is 10.9. The Kier molecular flexibility index (Phi) is 3.19. The molecule has 0 bridgehead atoms. The lowest BCUT2D eigenvalue weighted by atomic mass is 9.99. The topological polar surface area (TPSA) is 58.5 Å². The molecule has 2 rings (SSSR count). The number of rotatable bonds is 4. The Labute approximate surface area is 101 Å². The molecular weight excluding hydrogens is 216 g/mol. The van der Waals surface area contributed by atoms with Crippen molar-refractivity contribution in [2.24, 2.45) is 4.99 Å². The van der Waals surface area contributed by atoms with Crippen LogP contribution in [0.5, 0.6) is 0 Å². The zero-order valence-corrected chi connectivity index (χ0v) is 10.1. The van der Waals surface area contributed by atoms with E-state index in [4.69, 9.17) is 14.4 Å². The van der Waals surface area contributed by atoms with Crippen molar-refractivity contribution in [2.45, 2.75) is 38.1 Å². The number of furan rings is 1. The van der Waals surface area contributed by atoms with Crippen molar-refractivity contribution in [3.63, 3.8) is 0 Å². The van der Waals surface area contributed by atoms with Crippen LogP contribution in [0, 0.1) is 11.3 Å². The second-order valence-corrected chi connectivity index (χ2v) is 4.89. The van der Waals surface area contributed by atoms with Crippen LogP contribution < -0.4 is 0 Å².